The van der Waals surface area contributed by atoms with Crippen LogP contribution in [0.1, 0.15) is 26.6 Å². The van der Waals surface area contributed by atoms with Gasteiger partial charge in [0.1, 0.15) is 12.2 Å². The molecule has 2 aliphatic heterocycles. The van der Waals surface area contributed by atoms with E-state index in [1.165, 1.54) is 11.8 Å². The number of amides is 3. The number of hydrogen-bond donors (Lipinski definition) is 0. The van der Waals surface area contributed by atoms with Crippen LogP contribution in [0.15, 0.2) is 65.4 Å². The van der Waals surface area contributed by atoms with Crippen LogP contribution < -0.4 is 4.90 Å². The highest BCUT2D eigenvalue weighted by Crippen LogP contribution is 2.27. The number of carbonyl (C=O) groups excluding carboxylic acids is 3. The number of aromatic nitrogens is 1. The average Bonchev–Trinajstić information content (AvgIpc) is 3.59. The number of nitrogens with zero attached hydrogens (tertiary/aromatic N) is 4. The molecule has 1 aromatic carbocycles. The number of hydrogen-bond acceptors (Lipinski definition) is 4. The summed E-state index contributed by atoms with van der Waals surface area (Å²) in [7, 11) is 0. The first-order chi connectivity index (χ1) is 15.6. The molecule has 8 heteroatoms. The Bertz CT molecular complexity index is 1140. The van der Waals surface area contributed by atoms with Crippen LogP contribution in [0.3, 0.4) is 0 Å². The summed E-state index contributed by atoms with van der Waals surface area (Å²) < 4.78 is 6.90. The number of carbonyl (C=O) groups is 3. The van der Waals surface area contributed by atoms with E-state index in [1.54, 1.807) is 49.7 Å². The molecule has 0 unspecified atom stereocenters. The van der Waals surface area contributed by atoms with Gasteiger partial charge in [0.15, 0.2) is 5.76 Å². The Hall–Kier alpha value is -3.81. The Morgan fingerprint density at radius 1 is 0.812 bits per heavy atom. The lowest BCUT2D eigenvalue weighted by Crippen LogP contribution is -2.51. The third-order valence-electron chi connectivity index (χ3n) is 6.13. The molecule has 3 amide bonds. The first-order valence-corrected chi connectivity index (χ1v) is 10.8. The summed E-state index contributed by atoms with van der Waals surface area (Å²) in [4.78, 5) is 43.8. The SMILES string of the molecule is O=C(c1ccco1)N1CCN(C(=O)c2cccn2CC(=O)N2CCc3ccccc32)CC1. The largest absolute Gasteiger partial charge is 0.459 e. The van der Waals surface area contributed by atoms with Crippen LogP contribution in [0.5, 0.6) is 0 Å². The minimum absolute atomic E-state index is 0.0333. The molecule has 0 radical (unpaired) electrons. The molecular weight excluding hydrogens is 408 g/mol. The van der Waals surface area contributed by atoms with Crippen molar-refractivity contribution in [1.82, 2.24) is 14.4 Å². The summed E-state index contributed by atoms with van der Waals surface area (Å²) in [5.41, 5.74) is 2.61. The summed E-state index contributed by atoms with van der Waals surface area (Å²) in [6.07, 6.45) is 4.09. The number of piperazine rings is 1. The van der Waals surface area contributed by atoms with E-state index < -0.39 is 0 Å². The van der Waals surface area contributed by atoms with Crippen LogP contribution in [0, 0.1) is 0 Å². The van der Waals surface area contributed by atoms with Gasteiger partial charge in [-0.1, -0.05) is 18.2 Å². The average molecular weight is 432 g/mol. The first-order valence-electron chi connectivity index (χ1n) is 10.8. The number of rotatable bonds is 4. The summed E-state index contributed by atoms with van der Waals surface area (Å²) in [5, 5.41) is 0. The van der Waals surface area contributed by atoms with Crippen molar-refractivity contribution in [1.29, 1.82) is 0 Å². The predicted octanol–water partition coefficient (Wildman–Crippen LogP) is 2.27. The van der Waals surface area contributed by atoms with Gasteiger partial charge < -0.3 is 23.7 Å². The molecular formula is C24H24N4O4. The fourth-order valence-corrected chi connectivity index (χ4v) is 4.41. The fourth-order valence-electron chi connectivity index (χ4n) is 4.41. The van der Waals surface area contributed by atoms with Crippen molar-refractivity contribution in [2.45, 2.75) is 13.0 Å². The summed E-state index contributed by atoms with van der Waals surface area (Å²) in [5.74, 6) is -0.0219. The lowest BCUT2D eigenvalue weighted by molar-refractivity contribution is -0.119. The lowest BCUT2D eigenvalue weighted by atomic mass is 10.2. The maximum absolute atomic E-state index is 13.1. The Morgan fingerprint density at radius 2 is 1.56 bits per heavy atom. The summed E-state index contributed by atoms with van der Waals surface area (Å²) in [6.45, 7) is 2.52. The predicted molar refractivity (Wildman–Crippen MR) is 117 cm³/mol. The molecule has 1 saturated heterocycles. The first kappa shape index (κ1) is 20.1. The second-order valence-electron chi connectivity index (χ2n) is 8.01. The molecule has 0 aliphatic carbocycles. The van der Waals surface area contributed by atoms with Crippen molar-refractivity contribution in [2.75, 3.05) is 37.6 Å². The van der Waals surface area contributed by atoms with Crippen molar-refractivity contribution in [3.63, 3.8) is 0 Å². The Kier molecular flexibility index (Phi) is 5.26. The molecule has 32 heavy (non-hydrogen) atoms. The number of anilines is 1. The van der Waals surface area contributed by atoms with Gasteiger partial charge >= 0.3 is 0 Å². The smallest absolute Gasteiger partial charge is 0.289 e. The zero-order valence-electron chi connectivity index (χ0n) is 17.6. The third-order valence-corrected chi connectivity index (χ3v) is 6.13. The molecule has 1 fully saturated rings. The zero-order valence-corrected chi connectivity index (χ0v) is 17.6. The van der Waals surface area contributed by atoms with E-state index in [0.29, 0.717) is 44.2 Å². The van der Waals surface area contributed by atoms with E-state index in [0.717, 1.165) is 12.1 Å². The number of benzene rings is 1. The van der Waals surface area contributed by atoms with E-state index in [1.807, 2.05) is 24.3 Å². The fraction of sp³-hybridized carbons (Fsp3) is 0.292. The molecule has 0 saturated carbocycles. The molecule has 164 valence electrons. The van der Waals surface area contributed by atoms with Crippen molar-refractivity contribution in [2.24, 2.45) is 0 Å². The number of furan rings is 1. The van der Waals surface area contributed by atoms with Gasteiger partial charge in [0.05, 0.1) is 6.26 Å². The molecule has 5 rings (SSSR count). The normalized spacial score (nSPS) is 15.7. The summed E-state index contributed by atoms with van der Waals surface area (Å²) in [6, 6.07) is 14.8. The standard InChI is InChI=1S/C24H24N4O4/c29-22(28-11-9-18-5-1-2-6-19(18)28)17-27-10-3-7-20(27)23(30)25-12-14-26(15-13-25)24(31)21-8-4-16-32-21/h1-8,10,16H,9,11-15,17H2. The van der Waals surface area contributed by atoms with Crippen molar-refractivity contribution >= 4 is 23.4 Å². The van der Waals surface area contributed by atoms with Crippen LogP contribution in [-0.4, -0.2) is 64.8 Å². The highest BCUT2D eigenvalue weighted by atomic mass is 16.3. The van der Waals surface area contributed by atoms with Gasteiger partial charge in [-0.25, -0.2) is 0 Å². The van der Waals surface area contributed by atoms with Gasteiger partial charge in [-0.05, 0) is 42.3 Å². The van der Waals surface area contributed by atoms with E-state index in [-0.39, 0.29) is 24.3 Å². The van der Waals surface area contributed by atoms with Gasteiger partial charge in [-0.2, -0.15) is 0 Å². The third kappa shape index (κ3) is 3.68. The topological polar surface area (TPSA) is 79.0 Å². The van der Waals surface area contributed by atoms with Crippen LogP contribution >= 0.6 is 0 Å². The second-order valence-corrected chi connectivity index (χ2v) is 8.01. The van der Waals surface area contributed by atoms with Gasteiger partial charge in [-0.3, -0.25) is 14.4 Å². The molecule has 0 N–H and O–H groups in total. The van der Waals surface area contributed by atoms with E-state index in [9.17, 15) is 14.4 Å². The highest BCUT2D eigenvalue weighted by Gasteiger charge is 2.29. The van der Waals surface area contributed by atoms with Crippen LogP contribution in [0.2, 0.25) is 0 Å². The molecule has 8 nitrogen and oxygen atoms in total. The van der Waals surface area contributed by atoms with Crippen molar-refractivity contribution in [3.05, 3.63) is 78.0 Å². The second kappa shape index (κ2) is 8.37. The van der Waals surface area contributed by atoms with Gasteiger partial charge in [-0.15, -0.1) is 0 Å². The van der Waals surface area contributed by atoms with Crippen LogP contribution in [0.4, 0.5) is 5.69 Å². The monoisotopic (exact) mass is 432 g/mol. The molecule has 2 aromatic heterocycles. The molecule has 2 aliphatic rings. The summed E-state index contributed by atoms with van der Waals surface area (Å²) >= 11 is 0. The van der Waals surface area contributed by atoms with E-state index in [4.69, 9.17) is 4.42 Å². The van der Waals surface area contributed by atoms with Gasteiger partial charge in [0.2, 0.25) is 5.91 Å². The maximum Gasteiger partial charge on any atom is 0.289 e. The van der Waals surface area contributed by atoms with Gasteiger partial charge in [0, 0.05) is 44.6 Å². The Balaban J connectivity index is 1.23. The molecule has 3 aromatic rings. The van der Waals surface area contributed by atoms with E-state index >= 15 is 0 Å². The molecule has 0 bridgehead atoms. The van der Waals surface area contributed by atoms with Crippen molar-refractivity contribution in [3.8, 4) is 0 Å². The Morgan fingerprint density at radius 3 is 2.31 bits per heavy atom. The van der Waals surface area contributed by atoms with Crippen LogP contribution in [0.25, 0.3) is 0 Å². The van der Waals surface area contributed by atoms with Crippen molar-refractivity contribution < 1.29 is 18.8 Å². The minimum Gasteiger partial charge on any atom is -0.459 e. The maximum atomic E-state index is 13.1. The van der Waals surface area contributed by atoms with Gasteiger partial charge in [0.25, 0.3) is 11.8 Å². The number of para-hydroxylation sites is 1. The zero-order chi connectivity index (χ0) is 22.1. The van der Waals surface area contributed by atoms with Crippen LogP contribution in [-0.2, 0) is 17.8 Å². The molecule has 4 heterocycles. The number of fused-ring (bicyclic) bond motifs is 1. The molecule has 0 atom stereocenters. The quantitative estimate of drug-likeness (QED) is 0.634. The molecule has 0 spiro atoms. The lowest BCUT2D eigenvalue weighted by Gasteiger charge is -2.34. The van der Waals surface area contributed by atoms with E-state index in [2.05, 4.69) is 0 Å². The minimum atomic E-state index is -0.165. The highest BCUT2D eigenvalue weighted by molar-refractivity contribution is 5.97. The Labute approximate surface area is 185 Å².